The molecule has 0 saturated carbocycles. The Labute approximate surface area is 218 Å². The topological polar surface area (TPSA) is 191 Å². The number of halogens is 3. The largest absolute Gasteiger partial charge is 0.479 e. The van der Waals surface area contributed by atoms with Crippen LogP contribution in [0.25, 0.3) is 0 Å². The summed E-state index contributed by atoms with van der Waals surface area (Å²) in [5, 5.41) is 42.0. The quantitative estimate of drug-likeness (QED) is 0.138. The smallest absolute Gasteiger partial charge is 0.258 e. The zero-order chi connectivity index (χ0) is 23.9. The average Bonchev–Trinajstić information content (AvgIpc) is 2.72. The number of aliphatic hydroxyl groups is 4. The molecule has 0 spiro atoms. The van der Waals surface area contributed by atoms with Gasteiger partial charge in [-0.25, -0.2) is 0 Å². The van der Waals surface area contributed by atoms with Crippen molar-refractivity contribution in [2.24, 2.45) is 5.73 Å². The van der Waals surface area contributed by atoms with Gasteiger partial charge in [-0.3, -0.25) is 14.4 Å². The zero-order valence-electron chi connectivity index (χ0n) is 16.2. The standard InChI is InChI=1S/C17H22I3N3O8/c1-6(15(21)28)31-14-12(19)9(16(29)22-7(2-24)3-25)11(18)10(13(14)20)17(30)23-8(4-26)5-27/h6-8,24-27H,2-5H2,1H3,(H2,21,28)(H,22,29)(H,23,30)/t6-/m0/s1. The highest BCUT2D eigenvalue weighted by molar-refractivity contribution is 14.1. The Balaban J connectivity index is 3.66. The Morgan fingerprint density at radius 1 is 0.839 bits per heavy atom. The van der Waals surface area contributed by atoms with Crippen LogP contribution in [-0.2, 0) is 4.79 Å². The van der Waals surface area contributed by atoms with Crippen molar-refractivity contribution < 1.29 is 39.5 Å². The first-order valence-corrected chi connectivity index (χ1v) is 12.0. The van der Waals surface area contributed by atoms with Crippen molar-refractivity contribution in [3.8, 4) is 5.75 Å². The minimum Gasteiger partial charge on any atom is -0.479 e. The minimum atomic E-state index is -1.07. The summed E-state index contributed by atoms with van der Waals surface area (Å²) in [5.74, 6) is -2.07. The maximum absolute atomic E-state index is 12.9. The molecule has 174 valence electrons. The van der Waals surface area contributed by atoms with Crippen LogP contribution in [0.15, 0.2) is 0 Å². The number of carbonyl (C=O) groups excluding carboxylic acids is 3. The highest BCUT2D eigenvalue weighted by Gasteiger charge is 2.31. The van der Waals surface area contributed by atoms with Crippen LogP contribution in [-0.4, -0.2) is 82.8 Å². The van der Waals surface area contributed by atoms with E-state index in [1.165, 1.54) is 6.92 Å². The average molecular weight is 777 g/mol. The van der Waals surface area contributed by atoms with E-state index in [1.54, 1.807) is 22.6 Å². The predicted molar refractivity (Wildman–Crippen MR) is 135 cm³/mol. The number of carbonyl (C=O) groups is 3. The van der Waals surface area contributed by atoms with Crippen molar-refractivity contribution in [2.75, 3.05) is 26.4 Å². The molecule has 0 aliphatic rings. The molecule has 0 fully saturated rings. The van der Waals surface area contributed by atoms with E-state index < -0.39 is 62.3 Å². The predicted octanol–water partition coefficient (Wildman–Crippen LogP) is -1.08. The van der Waals surface area contributed by atoms with Gasteiger partial charge in [0.25, 0.3) is 17.7 Å². The second-order valence-corrected chi connectivity index (χ2v) is 9.49. The number of nitrogens with two attached hydrogens (primary N) is 1. The number of aliphatic hydroxyl groups excluding tert-OH is 4. The Morgan fingerprint density at radius 3 is 1.48 bits per heavy atom. The van der Waals surface area contributed by atoms with Gasteiger partial charge in [-0.15, -0.1) is 0 Å². The third-order valence-corrected chi connectivity index (χ3v) is 7.12. The summed E-state index contributed by atoms with van der Waals surface area (Å²) in [6.07, 6.45) is -1.07. The molecule has 0 radical (unpaired) electrons. The number of rotatable bonds is 11. The van der Waals surface area contributed by atoms with Crippen LogP contribution in [0.5, 0.6) is 5.75 Å². The SMILES string of the molecule is C[C@H](Oc1c(I)c(C(=O)NC(CO)CO)c(I)c(C(=O)NC(CO)CO)c1I)C(N)=O. The number of hydrogen-bond donors (Lipinski definition) is 7. The molecule has 1 rings (SSSR count). The van der Waals surface area contributed by atoms with Crippen molar-refractivity contribution in [2.45, 2.75) is 25.1 Å². The Hall–Kier alpha value is -0.540. The first kappa shape index (κ1) is 28.5. The van der Waals surface area contributed by atoms with Gasteiger partial charge in [-0.2, -0.15) is 0 Å². The number of amides is 3. The molecule has 0 aliphatic carbocycles. The Bertz CT molecular complexity index is 778. The molecule has 0 aliphatic heterocycles. The van der Waals surface area contributed by atoms with Gasteiger partial charge in [0, 0.05) is 3.57 Å². The lowest BCUT2D eigenvalue weighted by atomic mass is 10.1. The lowest BCUT2D eigenvalue weighted by Crippen LogP contribution is -2.42. The molecular formula is C17H22I3N3O8. The normalized spacial score (nSPS) is 12.1. The van der Waals surface area contributed by atoms with Crippen LogP contribution in [0.3, 0.4) is 0 Å². The number of ether oxygens (including phenoxy) is 1. The Kier molecular flexibility index (Phi) is 12.2. The van der Waals surface area contributed by atoms with Crippen molar-refractivity contribution in [3.05, 3.63) is 21.8 Å². The van der Waals surface area contributed by atoms with Crippen LogP contribution in [0, 0.1) is 10.7 Å². The molecule has 3 amide bonds. The van der Waals surface area contributed by atoms with E-state index in [-0.39, 0.29) is 27.6 Å². The summed E-state index contributed by atoms with van der Waals surface area (Å²) < 4.78 is 6.43. The summed E-state index contributed by atoms with van der Waals surface area (Å²) in [6.45, 7) is -0.630. The van der Waals surface area contributed by atoms with E-state index in [1.807, 2.05) is 45.2 Å². The first-order valence-electron chi connectivity index (χ1n) is 8.75. The summed E-state index contributed by atoms with van der Waals surface area (Å²) in [4.78, 5) is 37.3. The van der Waals surface area contributed by atoms with E-state index in [0.717, 1.165) is 0 Å². The monoisotopic (exact) mass is 777 g/mol. The Morgan fingerprint density at radius 2 is 1.19 bits per heavy atom. The van der Waals surface area contributed by atoms with Gasteiger partial charge in [0.2, 0.25) is 0 Å². The second kappa shape index (κ2) is 13.2. The van der Waals surface area contributed by atoms with Gasteiger partial charge in [-0.1, -0.05) is 0 Å². The van der Waals surface area contributed by atoms with Crippen LogP contribution < -0.4 is 21.1 Å². The fraction of sp³-hybridized carbons (Fsp3) is 0.471. The van der Waals surface area contributed by atoms with Crippen LogP contribution in [0.2, 0.25) is 0 Å². The molecule has 0 aromatic heterocycles. The second-order valence-electron chi connectivity index (χ2n) is 6.25. The molecular weight excluding hydrogens is 755 g/mol. The maximum Gasteiger partial charge on any atom is 0.258 e. The van der Waals surface area contributed by atoms with Crippen molar-refractivity contribution in [1.29, 1.82) is 0 Å². The van der Waals surface area contributed by atoms with E-state index in [2.05, 4.69) is 10.6 Å². The van der Waals surface area contributed by atoms with E-state index in [0.29, 0.717) is 0 Å². The number of primary amides is 1. The summed E-state index contributed by atoms with van der Waals surface area (Å²) in [7, 11) is 0. The molecule has 0 heterocycles. The fourth-order valence-electron chi connectivity index (χ4n) is 2.19. The van der Waals surface area contributed by atoms with Crippen LogP contribution >= 0.6 is 67.8 Å². The van der Waals surface area contributed by atoms with Crippen molar-refractivity contribution in [3.63, 3.8) is 0 Å². The molecule has 14 heteroatoms. The van der Waals surface area contributed by atoms with Gasteiger partial charge in [0.15, 0.2) is 6.10 Å². The van der Waals surface area contributed by atoms with E-state index >= 15 is 0 Å². The van der Waals surface area contributed by atoms with E-state index in [4.69, 9.17) is 10.5 Å². The van der Waals surface area contributed by atoms with E-state index in [9.17, 15) is 34.8 Å². The highest BCUT2D eigenvalue weighted by atomic mass is 127. The number of benzene rings is 1. The molecule has 1 aromatic carbocycles. The van der Waals surface area contributed by atoms with Gasteiger partial charge >= 0.3 is 0 Å². The number of hydrogen-bond acceptors (Lipinski definition) is 8. The molecule has 0 bridgehead atoms. The minimum absolute atomic E-state index is 0.0230. The third-order valence-electron chi connectivity index (χ3n) is 3.98. The van der Waals surface area contributed by atoms with Gasteiger partial charge in [-0.05, 0) is 74.7 Å². The summed E-state index contributed by atoms with van der Waals surface area (Å²) in [6, 6.07) is -1.87. The summed E-state index contributed by atoms with van der Waals surface area (Å²) >= 11 is 5.46. The molecule has 31 heavy (non-hydrogen) atoms. The summed E-state index contributed by atoms with van der Waals surface area (Å²) in [5.41, 5.74) is 5.32. The fourth-order valence-corrected chi connectivity index (χ4v) is 6.59. The number of nitrogens with one attached hydrogen (secondary N) is 2. The molecule has 1 aromatic rings. The lowest BCUT2D eigenvalue weighted by molar-refractivity contribution is -0.124. The molecule has 1 atom stereocenters. The van der Waals surface area contributed by atoms with Crippen molar-refractivity contribution in [1.82, 2.24) is 10.6 Å². The van der Waals surface area contributed by atoms with Crippen molar-refractivity contribution >= 4 is 85.5 Å². The zero-order valence-corrected chi connectivity index (χ0v) is 22.7. The molecule has 0 unspecified atom stereocenters. The van der Waals surface area contributed by atoms with Gasteiger partial charge < -0.3 is 41.5 Å². The third kappa shape index (κ3) is 7.22. The van der Waals surface area contributed by atoms with Gasteiger partial charge in [0.05, 0.1) is 56.8 Å². The molecule has 11 nitrogen and oxygen atoms in total. The highest BCUT2D eigenvalue weighted by Crippen LogP contribution is 2.38. The van der Waals surface area contributed by atoms with Crippen LogP contribution in [0.4, 0.5) is 0 Å². The maximum atomic E-state index is 12.9. The van der Waals surface area contributed by atoms with Gasteiger partial charge in [0.1, 0.15) is 5.75 Å². The first-order chi connectivity index (χ1) is 14.5. The molecule has 0 saturated heterocycles. The lowest BCUT2D eigenvalue weighted by Gasteiger charge is -2.23. The van der Waals surface area contributed by atoms with Crippen LogP contribution in [0.1, 0.15) is 27.6 Å². The molecule has 8 N–H and O–H groups in total.